The number of nitrogens with zero attached hydrogens (tertiary/aromatic N) is 2. The van der Waals surface area contributed by atoms with E-state index in [2.05, 4.69) is 6.07 Å². The number of phenols is 1. The Balaban J connectivity index is 2.43. The van der Waals surface area contributed by atoms with Gasteiger partial charge in [-0.2, -0.15) is 5.26 Å². The summed E-state index contributed by atoms with van der Waals surface area (Å²) in [6, 6.07) is 12.8. The van der Waals surface area contributed by atoms with Crippen LogP contribution in [-0.2, 0) is 9.84 Å². The van der Waals surface area contributed by atoms with Gasteiger partial charge in [0.15, 0.2) is 0 Å². The minimum atomic E-state index is -3.85. The molecule has 0 aliphatic rings. The number of sulfone groups is 1. The van der Waals surface area contributed by atoms with Crippen molar-refractivity contribution in [2.24, 2.45) is 0 Å². The minimum Gasteiger partial charge on any atom is -0.508 e. The molecule has 0 unspecified atom stereocenters. The molecule has 1 N–H and O–H groups in total. The van der Waals surface area contributed by atoms with Crippen LogP contribution < -0.4 is 0 Å². The molecule has 0 bridgehead atoms. The number of aromatic hydroxyl groups is 1. The number of hydrogen-bond acceptors (Lipinski definition) is 4. The number of pyridine rings is 1. The fraction of sp³-hybridized carbons (Fsp3) is 0.167. The second-order valence-corrected chi connectivity index (χ2v) is 7.68. The molecule has 0 atom stereocenters. The van der Waals surface area contributed by atoms with E-state index in [0.717, 1.165) is 0 Å². The lowest BCUT2D eigenvalue weighted by Crippen LogP contribution is -2.09. The van der Waals surface area contributed by atoms with Crippen molar-refractivity contribution < 1.29 is 13.5 Å². The van der Waals surface area contributed by atoms with E-state index >= 15 is 0 Å². The number of aromatic nitrogens is 1. The summed E-state index contributed by atoms with van der Waals surface area (Å²) in [4.78, 5) is 0.0787. The van der Waals surface area contributed by atoms with Crippen LogP contribution in [0, 0.1) is 11.3 Å². The molecule has 0 aliphatic heterocycles. The minimum absolute atomic E-state index is 0.00392. The molecule has 1 aromatic carbocycles. The van der Waals surface area contributed by atoms with Crippen molar-refractivity contribution in [3.05, 3.63) is 59.8 Å². The summed E-state index contributed by atoms with van der Waals surface area (Å²) < 4.78 is 28.0. The highest BCUT2D eigenvalue weighted by molar-refractivity contribution is 7.91. The summed E-state index contributed by atoms with van der Waals surface area (Å²) in [7, 11) is -3.85. The van der Waals surface area contributed by atoms with Gasteiger partial charge in [0.25, 0.3) is 0 Å². The molecule has 0 amide bonds. The Hall–Kier alpha value is -2.78. The van der Waals surface area contributed by atoms with E-state index in [1.165, 1.54) is 24.3 Å². The Labute approximate surface area is 140 Å². The second kappa shape index (κ2) is 5.69. The molecule has 5 nitrogen and oxygen atoms in total. The normalized spacial score (nSPS) is 11.8. The lowest BCUT2D eigenvalue weighted by molar-refractivity contribution is 0.474. The summed E-state index contributed by atoms with van der Waals surface area (Å²) in [6.07, 6.45) is 1.65. The zero-order valence-electron chi connectivity index (χ0n) is 13.3. The van der Waals surface area contributed by atoms with Crippen molar-refractivity contribution in [1.82, 2.24) is 4.40 Å². The third-order valence-electron chi connectivity index (χ3n) is 3.93. The molecule has 0 radical (unpaired) electrons. The molecule has 2 heterocycles. The van der Waals surface area contributed by atoms with Crippen molar-refractivity contribution in [3.63, 3.8) is 0 Å². The van der Waals surface area contributed by atoms with Gasteiger partial charge >= 0.3 is 0 Å². The number of fused-ring (bicyclic) bond motifs is 1. The Bertz CT molecular complexity index is 1060. The zero-order valence-corrected chi connectivity index (χ0v) is 14.1. The van der Waals surface area contributed by atoms with Gasteiger partial charge < -0.3 is 9.51 Å². The van der Waals surface area contributed by atoms with Gasteiger partial charge in [0, 0.05) is 11.8 Å². The Morgan fingerprint density at radius 3 is 2.38 bits per heavy atom. The molecular formula is C18H16N2O3S. The quantitative estimate of drug-likeness (QED) is 0.791. The molecule has 0 saturated heterocycles. The molecule has 6 heteroatoms. The van der Waals surface area contributed by atoms with E-state index in [4.69, 9.17) is 0 Å². The van der Waals surface area contributed by atoms with Crippen molar-refractivity contribution in [2.75, 3.05) is 0 Å². The van der Waals surface area contributed by atoms with Crippen LogP contribution in [0.3, 0.4) is 0 Å². The predicted octanol–water partition coefficient (Wildman–Crippen LogP) is 3.47. The van der Waals surface area contributed by atoms with Crippen molar-refractivity contribution in [2.45, 2.75) is 29.7 Å². The van der Waals surface area contributed by atoms with Gasteiger partial charge in [0.2, 0.25) is 9.84 Å². The fourth-order valence-electron chi connectivity index (χ4n) is 2.86. The Kier molecular flexibility index (Phi) is 3.82. The van der Waals surface area contributed by atoms with Gasteiger partial charge in [-0.15, -0.1) is 0 Å². The Morgan fingerprint density at radius 1 is 1.12 bits per heavy atom. The highest BCUT2D eigenvalue weighted by Crippen LogP contribution is 2.35. The van der Waals surface area contributed by atoms with E-state index < -0.39 is 9.84 Å². The van der Waals surface area contributed by atoms with Gasteiger partial charge in [0.05, 0.1) is 16.0 Å². The topological polar surface area (TPSA) is 82.6 Å². The third kappa shape index (κ3) is 2.34. The lowest BCUT2D eigenvalue weighted by atomic mass is 10.0. The van der Waals surface area contributed by atoms with E-state index in [0.29, 0.717) is 16.6 Å². The van der Waals surface area contributed by atoms with Crippen molar-refractivity contribution in [1.29, 1.82) is 5.26 Å². The molecule has 0 fully saturated rings. The smallest absolute Gasteiger partial charge is 0.222 e. The van der Waals surface area contributed by atoms with Crippen LogP contribution in [0.25, 0.3) is 5.52 Å². The first-order valence-corrected chi connectivity index (χ1v) is 8.93. The summed E-state index contributed by atoms with van der Waals surface area (Å²) >= 11 is 0. The molecule has 122 valence electrons. The largest absolute Gasteiger partial charge is 0.508 e. The molecule has 2 aromatic heterocycles. The summed E-state index contributed by atoms with van der Waals surface area (Å²) in [6.45, 7) is 3.73. The predicted molar refractivity (Wildman–Crippen MR) is 89.8 cm³/mol. The van der Waals surface area contributed by atoms with Gasteiger partial charge in [-0.3, -0.25) is 0 Å². The maximum Gasteiger partial charge on any atom is 0.222 e. The first kappa shape index (κ1) is 16.1. The second-order valence-electron chi connectivity index (χ2n) is 5.81. The van der Waals surface area contributed by atoms with Crippen LogP contribution in [0.1, 0.15) is 30.9 Å². The number of phenolic OH excluding ortho intramolecular Hbond substituents is 1. The van der Waals surface area contributed by atoms with Crippen molar-refractivity contribution in [3.8, 4) is 11.8 Å². The van der Waals surface area contributed by atoms with E-state index in [1.54, 1.807) is 28.8 Å². The van der Waals surface area contributed by atoms with Crippen LogP contribution in [0.4, 0.5) is 0 Å². The SMILES string of the molecule is CC(C)c1c(C#N)c2ccccn2c1S(=O)(=O)c1ccc(O)cc1. The summed E-state index contributed by atoms with van der Waals surface area (Å²) in [5.74, 6) is -0.141. The van der Waals surface area contributed by atoms with Crippen LogP contribution in [0.2, 0.25) is 0 Å². The van der Waals surface area contributed by atoms with E-state index in [-0.39, 0.29) is 21.6 Å². The highest BCUT2D eigenvalue weighted by atomic mass is 32.2. The van der Waals surface area contributed by atoms with Crippen LogP contribution in [0.5, 0.6) is 5.75 Å². The molecule has 0 spiro atoms. The van der Waals surface area contributed by atoms with Gasteiger partial charge in [0.1, 0.15) is 16.8 Å². The monoisotopic (exact) mass is 340 g/mol. The van der Waals surface area contributed by atoms with E-state index in [9.17, 15) is 18.8 Å². The summed E-state index contributed by atoms with van der Waals surface area (Å²) in [5, 5.41) is 19.1. The first-order chi connectivity index (χ1) is 11.4. The third-order valence-corrected chi connectivity index (χ3v) is 5.74. The molecular weight excluding hydrogens is 324 g/mol. The van der Waals surface area contributed by atoms with Crippen LogP contribution in [0.15, 0.2) is 58.6 Å². The number of benzene rings is 1. The van der Waals surface area contributed by atoms with Crippen LogP contribution in [-0.4, -0.2) is 17.9 Å². The fourth-order valence-corrected chi connectivity index (χ4v) is 4.63. The average Bonchev–Trinajstić information content (AvgIpc) is 2.90. The standard InChI is InChI=1S/C18H16N2O3S/c1-12(2)17-15(11-19)16-5-3-4-10-20(16)18(17)24(22,23)14-8-6-13(21)7-9-14/h3-10,12,21H,1-2H3. The van der Waals surface area contributed by atoms with E-state index in [1.807, 2.05) is 13.8 Å². The molecule has 3 rings (SSSR count). The maximum absolute atomic E-state index is 13.2. The summed E-state index contributed by atoms with van der Waals surface area (Å²) in [5.41, 5.74) is 1.46. The zero-order chi connectivity index (χ0) is 17.5. The maximum atomic E-state index is 13.2. The molecule has 0 aliphatic carbocycles. The van der Waals surface area contributed by atoms with Crippen molar-refractivity contribution >= 4 is 15.4 Å². The number of hydrogen-bond donors (Lipinski definition) is 1. The lowest BCUT2D eigenvalue weighted by Gasteiger charge is -2.11. The first-order valence-electron chi connectivity index (χ1n) is 7.45. The van der Waals surface area contributed by atoms with Crippen LogP contribution >= 0.6 is 0 Å². The van der Waals surface area contributed by atoms with Gasteiger partial charge in [-0.1, -0.05) is 19.9 Å². The molecule has 3 aromatic rings. The number of nitriles is 1. The average molecular weight is 340 g/mol. The van der Waals surface area contributed by atoms with Gasteiger partial charge in [-0.05, 0) is 42.3 Å². The highest BCUT2D eigenvalue weighted by Gasteiger charge is 2.30. The molecule has 24 heavy (non-hydrogen) atoms. The molecule has 0 saturated carbocycles. The Morgan fingerprint density at radius 2 is 1.79 bits per heavy atom. The number of rotatable bonds is 3. The van der Waals surface area contributed by atoms with Gasteiger partial charge in [-0.25, -0.2) is 8.42 Å².